The molecule has 0 aliphatic rings. The van der Waals surface area contributed by atoms with Crippen LogP contribution in [0, 0.1) is 0 Å². The van der Waals surface area contributed by atoms with Crippen LogP contribution >= 0.6 is 11.8 Å². The lowest BCUT2D eigenvalue weighted by molar-refractivity contribution is -0.136. The van der Waals surface area contributed by atoms with Crippen LogP contribution in [0.5, 0.6) is 11.5 Å². The van der Waals surface area contributed by atoms with Crippen molar-refractivity contribution in [2.45, 2.75) is 12.2 Å². The van der Waals surface area contributed by atoms with Gasteiger partial charge in [-0.3, -0.25) is 4.79 Å². The molecule has 2 rings (SSSR count). The third kappa shape index (κ3) is 6.84. The van der Waals surface area contributed by atoms with Gasteiger partial charge in [-0.2, -0.15) is 11.8 Å². The van der Waals surface area contributed by atoms with Crippen LogP contribution in [0.2, 0.25) is 0 Å². The average Bonchev–Trinajstić information content (AvgIpc) is 2.53. The van der Waals surface area contributed by atoms with Gasteiger partial charge < -0.3 is 14.7 Å². The van der Waals surface area contributed by atoms with Gasteiger partial charge in [-0.15, -0.1) is 0 Å². The number of hydrogen-bond acceptors (Lipinski definition) is 4. The molecule has 2 radical (unpaired) electrons. The summed E-state index contributed by atoms with van der Waals surface area (Å²) in [4.78, 5) is 13.0. The van der Waals surface area contributed by atoms with Gasteiger partial charge >= 0.3 is 5.97 Å². The number of rotatable bonds is 9. The number of ether oxygens (including phenoxy) is 1. The van der Waals surface area contributed by atoms with Crippen LogP contribution in [0.1, 0.15) is 11.1 Å². The van der Waals surface area contributed by atoms with Gasteiger partial charge in [0, 0.05) is 23.6 Å². The molecule has 0 fully saturated rings. The summed E-state index contributed by atoms with van der Waals surface area (Å²) >= 11 is 1.82. The Morgan fingerprint density at radius 2 is 2.04 bits per heavy atom. The first-order chi connectivity index (χ1) is 11.9. The highest BCUT2D eigenvalue weighted by Crippen LogP contribution is 2.28. The third-order valence-electron chi connectivity index (χ3n) is 3.51. The summed E-state index contributed by atoms with van der Waals surface area (Å²) in [5.41, 5.74) is 2.45. The molecule has 4 nitrogen and oxygen atoms in total. The fourth-order valence-corrected chi connectivity index (χ4v) is 3.35. The van der Waals surface area contributed by atoms with Crippen molar-refractivity contribution in [2.75, 3.05) is 26.4 Å². The quantitative estimate of drug-likeness (QED) is 0.554. The van der Waals surface area contributed by atoms with Crippen LogP contribution in [0.15, 0.2) is 42.5 Å². The Morgan fingerprint density at radius 3 is 2.76 bits per heavy atom. The maximum Gasteiger partial charge on any atom is 0.307 e. The lowest BCUT2D eigenvalue weighted by atomic mass is 9.94. The largest absolute Gasteiger partial charge is 0.481 e. The Hall–Kier alpha value is -1.92. The molecule has 0 aromatic heterocycles. The zero-order valence-corrected chi connectivity index (χ0v) is 15.4. The minimum atomic E-state index is -0.859. The standard InChI is InChI=1S/C19H22BNO3S/c1-21(2)8-9-25-13-15-12-16(20)6-7-18(15)24-17-5-3-4-14(10-17)11-19(22)23/h3-7,10,12H,8-9,11,13H2,1-2H3,(H,22,23). The van der Waals surface area contributed by atoms with Gasteiger partial charge in [-0.05, 0) is 37.9 Å². The normalized spacial score (nSPS) is 10.8. The predicted molar refractivity (Wildman–Crippen MR) is 104 cm³/mol. The summed E-state index contributed by atoms with van der Waals surface area (Å²) in [6.45, 7) is 1.01. The van der Waals surface area contributed by atoms with Crippen molar-refractivity contribution in [3.05, 3.63) is 53.6 Å². The van der Waals surface area contributed by atoms with Gasteiger partial charge in [0.2, 0.25) is 0 Å². The van der Waals surface area contributed by atoms with Crippen LogP contribution < -0.4 is 10.2 Å². The van der Waals surface area contributed by atoms with Gasteiger partial charge in [-0.25, -0.2) is 0 Å². The molecule has 0 atom stereocenters. The number of hydrogen-bond donors (Lipinski definition) is 1. The first-order valence-corrected chi connectivity index (χ1v) is 9.19. The van der Waals surface area contributed by atoms with E-state index in [9.17, 15) is 4.79 Å². The van der Waals surface area contributed by atoms with Crippen LogP contribution in [0.3, 0.4) is 0 Å². The number of benzene rings is 2. The number of carboxylic acid groups (broad SMARTS) is 1. The predicted octanol–water partition coefficient (Wildman–Crippen LogP) is 2.69. The highest BCUT2D eigenvalue weighted by Gasteiger charge is 2.08. The molecule has 25 heavy (non-hydrogen) atoms. The van der Waals surface area contributed by atoms with E-state index in [0.717, 1.165) is 29.4 Å². The van der Waals surface area contributed by atoms with Crippen LogP contribution in [-0.2, 0) is 17.0 Å². The maximum atomic E-state index is 10.9. The second-order valence-corrected chi connectivity index (χ2v) is 7.15. The second kappa shape index (κ2) is 9.54. The Labute approximate surface area is 154 Å². The van der Waals surface area contributed by atoms with Crippen LogP contribution in [-0.4, -0.2) is 50.2 Å². The van der Waals surface area contributed by atoms with E-state index in [0.29, 0.717) is 16.8 Å². The first kappa shape index (κ1) is 19.4. The smallest absolute Gasteiger partial charge is 0.307 e. The molecule has 0 bridgehead atoms. The Kier molecular flexibility index (Phi) is 7.41. The summed E-state index contributed by atoms with van der Waals surface area (Å²) in [5, 5.41) is 8.92. The minimum Gasteiger partial charge on any atom is -0.481 e. The lowest BCUT2D eigenvalue weighted by Crippen LogP contribution is -2.15. The Balaban J connectivity index is 2.09. The fraction of sp³-hybridized carbons (Fsp3) is 0.316. The summed E-state index contributed by atoms with van der Waals surface area (Å²) in [5.74, 6) is 2.35. The molecular formula is C19H22BNO3S. The molecule has 0 spiro atoms. The molecule has 6 heteroatoms. The molecule has 0 aliphatic heterocycles. The lowest BCUT2D eigenvalue weighted by Gasteiger charge is -2.14. The van der Waals surface area contributed by atoms with Crippen LogP contribution in [0.4, 0.5) is 0 Å². The Bertz CT molecular complexity index is 722. The SMILES string of the molecule is [B]c1ccc(Oc2cccc(CC(=O)O)c2)c(CSCCN(C)C)c1. The monoisotopic (exact) mass is 355 g/mol. The number of carbonyl (C=O) groups is 1. The molecule has 0 unspecified atom stereocenters. The van der Waals surface area contributed by atoms with E-state index in [-0.39, 0.29) is 6.42 Å². The molecule has 0 heterocycles. The average molecular weight is 355 g/mol. The van der Waals surface area contributed by atoms with Crippen molar-refractivity contribution in [3.8, 4) is 11.5 Å². The summed E-state index contributed by atoms with van der Waals surface area (Å²) in [7, 11) is 10.0. The molecule has 130 valence electrons. The Morgan fingerprint density at radius 1 is 1.24 bits per heavy atom. The number of thioether (sulfide) groups is 1. The fourth-order valence-electron chi connectivity index (χ4n) is 2.26. The van der Waals surface area contributed by atoms with E-state index in [1.165, 1.54) is 0 Å². The topological polar surface area (TPSA) is 49.8 Å². The van der Waals surface area contributed by atoms with Gasteiger partial charge in [-0.1, -0.05) is 29.7 Å². The van der Waals surface area contributed by atoms with Gasteiger partial charge in [0.05, 0.1) is 6.42 Å². The van der Waals surface area contributed by atoms with E-state index in [2.05, 4.69) is 19.0 Å². The van der Waals surface area contributed by atoms with E-state index in [1.807, 2.05) is 36.0 Å². The number of nitrogens with zero attached hydrogens (tertiary/aromatic N) is 1. The molecule has 0 aliphatic carbocycles. The molecule has 0 saturated carbocycles. The second-order valence-electron chi connectivity index (χ2n) is 6.04. The van der Waals surface area contributed by atoms with Crippen molar-refractivity contribution < 1.29 is 14.6 Å². The molecule has 0 saturated heterocycles. The zero-order valence-electron chi connectivity index (χ0n) is 14.6. The molecule has 2 aromatic carbocycles. The third-order valence-corrected chi connectivity index (χ3v) is 4.49. The molecule has 0 amide bonds. The van der Waals surface area contributed by atoms with E-state index < -0.39 is 5.97 Å². The van der Waals surface area contributed by atoms with Crippen LogP contribution in [0.25, 0.3) is 0 Å². The molecular weight excluding hydrogens is 333 g/mol. The molecule has 1 N–H and O–H groups in total. The van der Waals surface area contributed by atoms with Gasteiger partial charge in [0.25, 0.3) is 0 Å². The minimum absolute atomic E-state index is 0.0216. The molecule has 2 aromatic rings. The summed E-state index contributed by atoms with van der Waals surface area (Å²) in [6, 6.07) is 12.8. The van der Waals surface area contributed by atoms with Gasteiger partial charge in [0.15, 0.2) is 0 Å². The number of carboxylic acids is 1. The van der Waals surface area contributed by atoms with Crippen molar-refractivity contribution in [3.63, 3.8) is 0 Å². The first-order valence-electron chi connectivity index (χ1n) is 8.03. The van der Waals surface area contributed by atoms with E-state index >= 15 is 0 Å². The summed E-state index contributed by atoms with van der Waals surface area (Å²) < 4.78 is 5.99. The van der Waals surface area contributed by atoms with E-state index in [1.54, 1.807) is 18.2 Å². The summed E-state index contributed by atoms with van der Waals surface area (Å²) in [6.07, 6.45) is -0.0216. The van der Waals surface area contributed by atoms with Crippen molar-refractivity contribution in [2.24, 2.45) is 0 Å². The van der Waals surface area contributed by atoms with E-state index in [4.69, 9.17) is 17.7 Å². The van der Waals surface area contributed by atoms with Gasteiger partial charge in [0.1, 0.15) is 19.3 Å². The van der Waals surface area contributed by atoms with Crippen molar-refractivity contribution in [1.29, 1.82) is 0 Å². The zero-order chi connectivity index (χ0) is 18.2. The maximum absolute atomic E-state index is 10.9. The highest BCUT2D eigenvalue weighted by molar-refractivity contribution is 7.98. The highest BCUT2D eigenvalue weighted by atomic mass is 32.2. The van der Waals surface area contributed by atoms with Crippen molar-refractivity contribution in [1.82, 2.24) is 4.90 Å². The van der Waals surface area contributed by atoms with Crippen molar-refractivity contribution >= 4 is 31.0 Å². The number of aliphatic carboxylic acids is 1.